The second kappa shape index (κ2) is 49.2. The molecule has 38 heteroatoms. The van der Waals surface area contributed by atoms with Crippen molar-refractivity contribution in [2.24, 2.45) is 11.8 Å². The summed E-state index contributed by atoms with van der Waals surface area (Å²) in [6, 6.07) is 28.6. The fourth-order valence-electron chi connectivity index (χ4n) is 16.2. The van der Waals surface area contributed by atoms with E-state index in [9.17, 15) is 79.5 Å². The van der Waals surface area contributed by atoms with Gasteiger partial charge in [-0.1, -0.05) is 114 Å². The van der Waals surface area contributed by atoms with Crippen LogP contribution in [0, 0.1) is 25.7 Å². The number of carbonyl (C=O) groups is 11. The van der Waals surface area contributed by atoms with Gasteiger partial charge in [0.05, 0.1) is 57.1 Å². The van der Waals surface area contributed by atoms with Gasteiger partial charge in [0.25, 0.3) is 6.47 Å². The third kappa shape index (κ3) is 29.2. The molecule has 5 aromatic carbocycles. The van der Waals surface area contributed by atoms with Gasteiger partial charge < -0.3 is 78.6 Å². The number of anilines is 2. The van der Waals surface area contributed by atoms with Crippen molar-refractivity contribution in [3.63, 3.8) is 0 Å². The Kier molecular flexibility index (Phi) is 38.8. The lowest BCUT2D eigenvalue weighted by Gasteiger charge is -2.30. The average Bonchev–Trinajstić information content (AvgIpc) is 1.53. The smallest absolute Gasteiger partial charge is 0.737 e. The van der Waals surface area contributed by atoms with Crippen molar-refractivity contribution < 1.29 is 112 Å². The topological polar surface area (TPSA) is 447 Å². The van der Waals surface area contributed by atoms with Crippen LogP contribution >= 0.6 is 21.6 Å². The Labute approximate surface area is 763 Å². The van der Waals surface area contributed by atoms with E-state index in [1.165, 1.54) is 12.1 Å². The molecule has 0 spiro atoms. The molecule has 700 valence electrons. The number of urea groups is 1. The molecular weight excluding hydrogens is 1760 g/mol. The number of carboxylic acids is 3. The maximum Gasteiger partial charge on any atom is 0.737 e. The molecule has 4 heterocycles. The second-order valence-corrected chi connectivity index (χ2v) is 38.0. The van der Waals surface area contributed by atoms with Crippen LogP contribution in [0.1, 0.15) is 178 Å². The average molecular weight is 1870 g/mol. The highest BCUT2D eigenvalue weighted by atomic mass is 33.1. The Morgan fingerprint density at radius 2 is 1.22 bits per heavy atom. The van der Waals surface area contributed by atoms with Gasteiger partial charge in [0.15, 0.2) is 23.5 Å². The molecule has 6 atom stereocenters. The first-order chi connectivity index (χ1) is 62.1. The van der Waals surface area contributed by atoms with E-state index in [2.05, 4.69) is 45.8 Å². The lowest BCUT2D eigenvalue weighted by Crippen LogP contribution is -2.50. The predicted molar refractivity (Wildman–Crippen MR) is 495 cm³/mol. The van der Waals surface area contributed by atoms with Gasteiger partial charge in [0.1, 0.15) is 27.7 Å². The number of ether oxygens (including phenoxy) is 1. The molecule has 0 fully saturated rings. The summed E-state index contributed by atoms with van der Waals surface area (Å²) in [5.74, 6) is -9.72. The van der Waals surface area contributed by atoms with Crippen molar-refractivity contribution in [1.82, 2.24) is 35.8 Å². The fraction of sp³-hybridized carbons (Fsp3) is 0.446. The maximum atomic E-state index is 16.2. The molecule has 130 heavy (non-hydrogen) atoms. The molecule has 0 saturated carbocycles. The van der Waals surface area contributed by atoms with Crippen LogP contribution in [-0.2, 0) is 85.7 Å². The third-order valence-electron chi connectivity index (χ3n) is 23.0. The van der Waals surface area contributed by atoms with Gasteiger partial charge in [-0.15, -0.1) is 0 Å². The molecular formula is C92H115BF2N10O21S4. The van der Waals surface area contributed by atoms with Crippen LogP contribution < -0.4 is 41.1 Å². The molecule has 5 amide bonds. The number of halogens is 2. The standard InChI is InChI=1S/C92H115BF2N10O21S4/c1-7-102(8-2)67-34-39-72-81(55-67)126-82-56-68(103(9-3)10-4)35-40-73(82)88(72)74-41-38-71(57-83(74)130(122,123)124)129(120,121)97-47-48-127-128-58-65(90(115)116)53-79(108)75(30-23-24-46-96-84(110)43-36-66-32-33-69-54-78-60(5)49-61(6)104(78)93(94,95)105(66)69)99-89(114)64(50-62-25-17-15-18-26-62)52-80(109)77(51-63-27-19-16-20-28-63)98-85(111)31-22-14-12-11-13-21-29-70(107)37-42-76(91(117)118)100-92(119)101-86(125-59-106)44-45-87(112)113/h15-20,25-28,32-35,38-41,49,54-57,59,64-65,75-77,86,97H,7-14,21-24,29-31,36-37,42-48,50-53,58H2,1-6H3,(H8-,96,98,99,100,101,110,111,112,113,114,115,116,117,118,119,122,123,124)/t64-,65?,75?,76+,77+,86-/m1/s1. The van der Waals surface area contributed by atoms with Crippen molar-refractivity contribution in [2.75, 3.05) is 60.6 Å². The molecule has 2 aliphatic heterocycles. The fourth-order valence-corrected chi connectivity index (χ4v) is 20.4. The normalized spacial score (nSPS) is 14.2. The molecule has 0 bridgehead atoms. The lowest BCUT2D eigenvalue weighted by molar-refractivity contribution is -0.362. The number of aromatic nitrogens is 1. The molecule has 2 aliphatic rings. The van der Waals surface area contributed by atoms with Gasteiger partial charge in [-0.05, 0) is 158 Å². The van der Waals surface area contributed by atoms with Crippen LogP contribution in [0.2, 0.25) is 0 Å². The Morgan fingerprint density at radius 1 is 0.608 bits per heavy atom. The molecule has 7 aromatic rings. The highest BCUT2D eigenvalue weighted by Gasteiger charge is 2.52. The van der Waals surface area contributed by atoms with Gasteiger partial charge in [0, 0.05) is 154 Å². The first-order valence-corrected chi connectivity index (χ1v) is 49.2. The lowest BCUT2D eigenvalue weighted by atomic mass is 9.88. The van der Waals surface area contributed by atoms with Gasteiger partial charge >= 0.3 is 42.1 Å². The highest BCUT2D eigenvalue weighted by Crippen LogP contribution is 2.43. The Hall–Kier alpha value is -11.2. The van der Waals surface area contributed by atoms with E-state index in [4.69, 9.17) is 9.52 Å². The quantitative estimate of drug-likeness (QED) is 0.00250. The van der Waals surface area contributed by atoms with Crippen LogP contribution in [0.4, 0.5) is 24.8 Å². The number of unbranched alkanes of at least 4 members (excludes halogenated alkanes) is 6. The number of aliphatic carboxylic acids is 3. The largest absolute Gasteiger partial charge is 0.744 e. The Balaban J connectivity index is 0.839. The van der Waals surface area contributed by atoms with Gasteiger partial charge in [-0.3, -0.25) is 43.2 Å². The van der Waals surface area contributed by atoms with Crippen LogP contribution in [-0.4, -0.2) is 199 Å². The number of nitrogens with zero attached hydrogens (tertiary/aromatic N) is 4. The summed E-state index contributed by atoms with van der Waals surface area (Å²) in [6.07, 6.45) is 5.28. The number of aryl methyl sites for hydroxylation is 2. The van der Waals surface area contributed by atoms with E-state index in [-0.39, 0.29) is 125 Å². The summed E-state index contributed by atoms with van der Waals surface area (Å²) in [7, 11) is -7.81. The summed E-state index contributed by atoms with van der Waals surface area (Å²) < 4.78 is 116. The zero-order chi connectivity index (χ0) is 94.4. The number of hydrogen-bond donors (Lipinski definition) is 9. The van der Waals surface area contributed by atoms with E-state index >= 15 is 13.4 Å². The van der Waals surface area contributed by atoms with Crippen molar-refractivity contribution in [3.05, 3.63) is 167 Å². The Morgan fingerprint density at radius 3 is 1.82 bits per heavy atom. The molecule has 0 radical (unpaired) electrons. The van der Waals surface area contributed by atoms with Crippen LogP contribution in [0.5, 0.6) is 0 Å². The van der Waals surface area contributed by atoms with E-state index in [0.29, 0.717) is 126 Å². The summed E-state index contributed by atoms with van der Waals surface area (Å²) in [4.78, 5) is 147. The minimum atomic E-state index is -5.38. The van der Waals surface area contributed by atoms with E-state index in [1.807, 2.05) is 52.0 Å². The molecule has 0 aliphatic carbocycles. The van der Waals surface area contributed by atoms with Crippen LogP contribution in [0.15, 0.2) is 153 Å². The van der Waals surface area contributed by atoms with Crippen molar-refractivity contribution >= 4 is 159 Å². The number of ketones is 3. The number of sulfonamides is 1. The maximum absolute atomic E-state index is 16.2. The van der Waals surface area contributed by atoms with Gasteiger partial charge in [-0.2, -0.15) is 0 Å². The molecule has 0 saturated heterocycles. The van der Waals surface area contributed by atoms with Gasteiger partial charge in [0.2, 0.25) is 27.7 Å². The zero-order valence-electron chi connectivity index (χ0n) is 73.8. The van der Waals surface area contributed by atoms with E-state index < -0.39 is 146 Å². The number of amides is 5. The van der Waals surface area contributed by atoms with Crippen molar-refractivity contribution in [2.45, 2.75) is 211 Å². The molecule has 31 nitrogen and oxygen atoms in total. The van der Waals surface area contributed by atoms with Gasteiger partial charge in [-0.25, -0.2) is 35.6 Å². The molecule has 9 rings (SSSR count). The minimum Gasteiger partial charge on any atom is -0.744 e. The number of Topliss-reactive ketones (excluding diaryl/α,β-unsaturated/α-hetero) is 3. The monoisotopic (exact) mass is 1870 g/mol. The second-order valence-electron chi connectivity index (χ2n) is 32.2. The molecule has 2 aromatic heterocycles. The zero-order valence-corrected chi connectivity index (χ0v) is 77.0. The van der Waals surface area contributed by atoms with E-state index in [0.717, 1.165) is 48.0 Å². The number of benzene rings is 5. The first kappa shape index (κ1) is 103. The number of hydrogen-bond acceptors (Lipinski definition) is 21. The number of nitrogens with one attached hydrogen (secondary N) is 6. The highest BCUT2D eigenvalue weighted by molar-refractivity contribution is 8.76. The van der Waals surface area contributed by atoms with Crippen molar-refractivity contribution in [3.8, 4) is 11.1 Å². The van der Waals surface area contributed by atoms with Crippen LogP contribution in [0.25, 0.3) is 39.1 Å². The minimum absolute atomic E-state index is 0.00696. The number of carboxylic acid groups (broad SMARTS) is 3. The SMILES string of the molecule is CCN(CC)c1ccc2c(-c3ccc(S(=O)(=O)NCCSSCC(CC(=O)C(CCCCNC(=O)CCC4=[N+]5C(=Cc6c(C)cc(C)n6[B-]5(F)F)C=C4)NC(=O)[C@@H](CC(=O)[C@H](Cc4ccccc4)NC(=O)CCCCCCCCC(=O)CC[C@H](NC(=O)N[C@@H](CCC(=O)O)OC=O)C(=O)O)Cc4ccccc4)C(=O)O)cc3S(=O)(=O)[O-])c3ccc(N(CC)CC)cc3[o+]c2c1. The van der Waals surface area contributed by atoms with Crippen molar-refractivity contribution in [1.29, 1.82) is 0 Å². The summed E-state index contributed by atoms with van der Waals surface area (Å²) in [6.45, 7) is 9.65. The predicted octanol–water partition coefficient (Wildman–Crippen LogP) is 12.9. The molecule has 9 N–H and O–H groups in total. The summed E-state index contributed by atoms with van der Waals surface area (Å²) in [5, 5.41) is 43.2. The summed E-state index contributed by atoms with van der Waals surface area (Å²) >= 11 is 0. The number of allylic oxidation sites excluding steroid dienone is 2. The first-order valence-electron chi connectivity index (χ1n) is 43.9. The number of rotatable bonds is 58. The van der Waals surface area contributed by atoms with E-state index in [1.54, 1.807) is 111 Å². The molecule has 2 unspecified atom stereocenters. The number of carbonyl (C=O) groups excluding carboxylic acids is 8. The Bertz CT molecular complexity index is 5490. The van der Waals surface area contributed by atoms with Crippen LogP contribution in [0.3, 0.4) is 0 Å². The third-order valence-corrected chi connectivity index (χ3v) is 27.9. The summed E-state index contributed by atoms with van der Waals surface area (Å²) in [5.41, 5.74) is 6.17. The number of fused-ring (bicyclic) bond motifs is 4.